The molecule has 0 N–H and O–H groups in total. The van der Waals surface area contributed by atoms with E-state index in [2.05, 4.69) is 4.98 Å². The number of benzene rings is 1. The third kappa shape index (κ3) is 1.21. The summed E-state index contributed by atoms with van der Waals surface area (Å²) in [5, 5.41) is 9.83. The van der Waals surface area contributed by atoms with Crippen molar-refractivity contribution in [3.63, 3.8) is 0 Å². The minimum absolute atomic E-state index is 0.329. The van der Waals surface area contributed by atoms with Gasteiger partial charge in [-0.05, 0) is 24.6 Å². The number of fused-ring (bicyclic) bond motifs is 1. The fraction of sp³-hybridized carbons (Fsp3) is 0.0909. The molecule has 0 saturated carbocycles. The number of hydrogen-bond acceptors (Lipinski definition) is 2. The van der Waals surface area contributed by atoms with Crippen molar-refractivity contribution in [2.75, 3.05) is 0 Å². The van der Waals surface area contributed by atoms with Crippen LogP contribution < -0.4 is 0 Å². The molecule has 0 radical (unpaired) electrons. The van der Waals surface area contributed by atoms with Gasteiger partial charge in [0.25, 0.3) is 0 Å². The zero-order chi connectivity index (χ0) is 10.1. The predicted molar refractivity (Wildman–Crippen MR) is 51.2 cm³/mol. The number of nitriles is 1. The number of nitrogens with zero attached hydrogens (tertiary/aromatic N) is 2. The standard InChI is InChI=1S/C11H7FN2/c1-7-2-9-8(4-13)5-14-6-10(9)11(12)3-7/h2-3,5-6H,1H3. The fourth-order valence-corrected chi connectivity index (χ4v) is 1.45. The van der Waals surface area contributed by atoms with Gasteiger partial charge in [0.15, 0.2) is 0 Å². The molecule has 2 aromatic rings. The van der Waals surface area contributed by atoms with E-state index in [-0.39, 0.29) is 5.82 Å². The lowest BCUT2D eigenvalue weighted by Gasteiger charge is -2.02. The molecule has 1 heterocycles. The van der Waals surface area contributed by atoms with Crippen LogP contribution in [0.2, 0.25) is 0 Å². The molecule has 0 bridgehead atoms. The highest BCUT2D eigenvalue weighted by molar-refractivity contribution is 5.87. The second-order valence-corrected chi connectivity index (χ2v) is 3.14. The van der Waals surface area contributed by atoms with Crippen molar-refractivity contribution >= 4 is 10.8 Å². The van der Waals surface area contributed by atoms with Crippen molar-refractivity contribution in [3.8, 4) is 6.07 Å². The van der Waals surface area contributed by atoms with E-state index in [1.165, 1.54) is 18.5 Å². The monoisotopic (exact) mass is 186 g/mol. The van der Waals surface area contributed by atoms with Gasteiger partial charge in [-0.15, -0.1) is 0 Å². The highest BCUT2D eigenvalue weighted by Crippen LogP contribution is 2.21. The number of pyridine rings is 1. The van der Waals surface area contributed by atoms with Gasteiger partial charge in [0.1, 0.15) is 11.9 Å². The lowest BCUT2D eigenvalue weighted by Crippen LogP contribution is -1.87. The molecule has 1 aromatic heterocycles. The molecule has 0 aliphatic rings. The largest absolute Gasteiger partial charge is 0.263 e. The smallest absolute Gasteiger partial charge is 0.132 e. The number of aromatic nitrogens is 1. The van der Waals surface area contributed by atoms with E-state index in [0.717, 1.165) is 5.56 Å². The van der Waals surface area contributed by atoms with Crippen LogP contribution >= 0.6 is 0 Å². The summed E-state index contributed by atoms with van der Waals surface area (Å²) in [6, 6.07) is 5.22. The van der Waals surface area contributed by atoms with Crippen LogP contribution in [0.1, 0.15) is 11.1 Å². The van der Waals surface area contributed by atoms with Crippen LogP contribution in [0.25, 0.3) is 10.8 Å². The third-order valence-corrected chi connectivity index (χ3v) is 2.09. The molecule has 0 atom stereocenters. The Morgan fingerprint density at radius 3 is 2.79 bits per heavy atom. The van der Waals surface area contributed by atoms with Crippen LogP contribution in [0.4, 0.5) is 4.39 Å². The quantitative estimate of drug-likeness (QED) is 0.634. The van der Waals surface area contributed by atoms with E-state index in [0.29, 0.717) is 16.3 Å². The maximum atomic E-state index is 13.4. The Morgan fingerprint density at radius 2 is 2.07 bits per heavy atom. The van der Waals surface area contributed by atoms with Gasteiger partial charge in [-0.3, -0.25) is 4.98 Å². The molecule has 0 saturated heterocycles. The topological polar surface area (TPSA) is 36.7 Å². The van der Waals surface area contributed by atoms with Gasteiger partial charge in [0.05, 0.1) is 5.56 Å². The van der Waals surface area contributed by atoms with Gasteiger partial charge < -0.3 is 0 Å². The third-order valence-electron chi connectivity index (χ3n) is 2.09. The maximum absolute atomic E-state index is 13.4. The maximum Gasteiger partial charge on any atom is 0.132 e. The molecule has 3 heteroatoms. The minimum atomic E-state index is -0.329. The predicted octanol–water partition coefficient (Wildman–Crippen LogP) is 2.55. The lowest BCUT2D eigenvalue weighted by atomic mass is 10.1. The summed E-state index contributed by atoms with van der Waals surface area (Å²) in [6.07, 6.45) is 2.88. The van der Waals surface area contributed by atoms with Crippen molar-refractivity contribution in [1.82, 2.24) is 4.98 Å². The first-order chi connectivity index (χ1) is 6.72. The summed E-state index contributed by atoms with van der Waals surface area (Å²) in [5.41, 5.74) is 1.21. The highest BCUT2D eigenvalue weighted by Gasteiger charge is 2.05. The average Bonchev–Trinajstić information content (AvgIpc) is 2.17. The highest BCUT2D eigenvalue weighted by atomic mass is 19.1. The van der Waals surface area contributed by atoms with Crippen LogP contribution in [0.15, 0.2) is 24.5 Å². The van der Waals surface area contributed by atoms with Crippen molar-refractivity contribution in [3.05, 3.63) is 41.5 Å². The molecule has 14 heavy (non-hydrogen) atoms. The normalized spacial score (nSPS) is 10.1. The number of hydrogen-bond donors (Lipinski definition) is 0. The molecular formula is C11H7FN2. The van der Waals surface area contributed by atoms with E-state index < -0.39 is 0 Å². The molecule has 1 aromatic carbocycles. The summed E-state index contributed by atoms with van der Waals surface area (Å²) in [4.78, 5) is 3.81. The number of rotatable bonds is 0. The molecule has 2 rings (SSSR count). The lowest BCUT2D eigenvalue weighted by molar-refractivity contribution is 0.638. The first-order valence-electron chi connectivity index (χ1n) is 4.16. The van der Waals surface area contributed by atoms with Crippen LogP contribution in [0, 0.1) is 24.1 Å². The van der Waals surface area contributed by atoms with Gasteiger partial charge in [-0.25, -0.2) is 4.39 Å². The van der Waals surface area contributed by atoms with Crippen LogP contribution in [0.3, 0.4) is 0 Å². The second kappa shape index (κ2) is 3.08. The summed E-state index contributed by atoms with van der Waals surface area (Å²) in [7, 11) is 0. The van der Waals surface area contributed by atoms with Crippen LogP contribution in [-0.4, -0.2) is 4.98 Å². The Kier molecular flexibility index (Phi) is 1.90. The Labute approximate surface area is 80.6 Å². The summed E-state index contributed by atoms with van der Waals surface area (Å²) < 4.78 is 13.4. The van der Waals surface area contributed by atoms with E-state index in [1.54, 1.807) is 13.0 Å². The van der Waals surface area contributed by atoms with E-state index in [1.807, 2.05) is 6.07 Å². The summed E-state index contributed by atoms with van der Waals surface area (Å²) in [6.45, 7) is 1.80. The molecule has 0 aliphatic carbocycles. The van der Waals surface area contributed by atoms with Crippen molar-refractivity contribution < 1.29 is 4.39 Å². The SMILES string of the molecule is Cc1cc(F)c2cncc(C#N)c2c1. The average molecular weight is 186 g/mol. The first-order valence-corrected chi connectivity index (χ1v) is 4.16. The van der Waals surface area contributed by atoms with Gasteiger partial charge in [-0.1, -0.05) is 0 Å². The van der Waals surface area contributed by atoms with Gasteiger partial charge in [-0.2, -0.15) is 5.26 Å². The van der Waals surface area contributed by atoms with Crippen LogP contribution in [-0.2, 0) is 0 Å². The summed E-state index contributed by atoms with van der Waals surface area (Å²) in [5.74, 6) is -0.329. The molecule has 2 nitrogen and oxygen atoms in total. The Balaban J connectivity index is 2.95. The number of halogens is 1. The van der Waals surface area contributed by atoms with Crippen molar-refractivity contribution in [1.29, 1.82) is 5.26 Å². The molecule has 0 fully saturated rings. The minimum Gasteiger partial charge on any atom is -0.263 e. The van der Waals surface area contributed by atoms with Crippen molar-refractivity contribution in [2.24, 2.45) is 0 Å². The Bertz CT molecular complexity index is 541. The molecule has 68 valence electrons. The van der Waals surface area contributed by atoms with Crippen LogP contribution in [0.5, 0.6) is 0 Å². The molecule has 0 amide bonds. The van der Waals surface area contributed by atoms with E-state index >= 15 is 0 Å². The Morgan fingerprint density at radius 1 is 1.29 bits per heavy atom. The number of aryl methyl sites for hydroxylation is 1. The molecule has 0 aliphatic heterocycles. The molecule has 0 unspecified atom stereocenters. The zero-order valence-electron chi connectivity index (χ0n) is 7.58. The molecule has 0 spiro atoms. The van der Waals surface area contributed by atoms with E-state index in [4.69, 9.17) is 5.26 Å². The Hall–Kier alpha value is -1.95. The fourth-order valence-electron chi connectivity index (χ4n) is 1.45. The van der Waals surface area contributed by atoms with Gasteiger partial charge in [0, 0.05) is 23.2 Å². The van der Waals surface area contributed by atoms with Gasteiger partial charge >= 0.3 is 0 Å². The van der Waals surface area contributed by atoms with E-state index in [9.17, 15) is 4.39 Å². The zero-order valence-corrected chi connectivity index (χ0v) is 7.58. The summed E-state index contributed by atoms with van der Waals surface area (Å²) >= 11 is 0. The first kappa shape index (κ1) is 8.64. The second-order valence-electron chi connectivity index (χ2n) is 3.14. The van der Waals surface area contributed by atoms with Gasteiger partial charge in [0.2, 0.25) is 0 Å². The molecular weight excluding hydrogens is 179 g/mol. The van der Waals surface area contributed by atoms with Crippen molar-refractivity contribution in [2.45, 2.75) is 6.92 Å².